The van der Waals surface area contributed by atoms with Crippen molar-refractivity contribution >= 4 is 29.6 Å². The fraction of sp³-hybridized carbons (Fsp3) is 0.640. The van der Waals surface area contributed by atoms with Crippen molar-refractivity contribution in [1.29, 1.82) is 0 Å². The van der Waals surface area contributed by atoms with Crippen LogP contribution in [0.2, 0.25) is 0 Å². The number of carbonyl (C=O) groups is 3. The Kier molecular flexibility index (Phi) is 9.44. The van der Waals surface area contributed by atoms with Crippen molar-refractivity contribution in [2.75, 3.05) is 56.7 Å². The second-order valence-electron chi connectivity index (χ2n) is 8.96. The molecule has 9 nitrogen and oxygen atoms in total. The number of benzene rings is 1. The summed E-state index contributed by atoms with van der Waals surface area (Å²) in [6, 6.07) is 5.70. The molecule has 0 aliphatic carbocycles. The van der Waals surface area contributed by atoms with Crippen LogP contribution in [0.15, 0.2) is 18.2 Å². The number of rotatable bonds is 11. The third-order valence-electron chi connectivity index (χ3n) is 6.77. The van der Waals surface area contributed by atoms with E-state index in [1.165, 1.54) is 5.56 Å². The summed E-state index contributed by atoms with van der Waals surface area (Å²) in [5.74, 6) is -0.148. The Bertz CT molecular complexity index is 850. The minimum atomic E-state index is -0.450. The fourth-order valence-corrected chi connectivity index (χ4v) is 4.84. The van der Waals surface area contributed by atoms with Gasteiger partial charge < -0.3 is 19.3 Å². The molecule has 1 N–H and O–H groups in total. The van der Waals surface area contributed by atoms with Gasteiger partial charge in [0.25, 0.3) is 0 Å². The van der Waals surface area contributed by atoms with E-state index in [4.69, 9.17) is 9.47 Å². The molecule has 2 heterocycles. The van der Waals surface area contributed by atoms with Crippen molar-refractivity contribution < 1.29 is 23.9 Å². The van der Waals surface area contributed by atoms with Crippen LogP contribution < -0.4 is 15.1 Å². The molecule has 2 fully saturated rings. The summed E-state index contributed by atoms with van der Waals surface area (Å²) in [7, 11) is 3.56. The zero-order valence-electron chi connectivity index (χ0n) is 20.8. The van der Waals surface area contributed by atoms with Crippen molar-refractivity contribution in [3.8, 4) is 0 Å². The summed E-state index contributed by atoms with van der Waals surface area (Å²) < 4.78 is 11.4. The maximum Gasteiger partial charge on any atom is 0.249 e. The van der Waals surface area contributed by atoms with Gasteiger partial charge in [0.05, 0.1) is 11.4 Å². The molecule has 0 bridgehead atoms. The van der Waals surface area contributed by atoms with Gasteiger partial charge in [-0.25, -0.2) is 0 Å². The minimum Gasteiger partial charge on any atom is -0.361 e. The van der Waals surface area contributed by atoms with E-state index in [-0.39, 0.29) is 18.1 Å². The number of carbonyl (C=O) groups excluding carboxylic acids is 3. The van der Waals surface area contributed by atoms with Gasteiger partial charge in [0, 0.05) is 40.3 Å². The van der Waals surface area contributed by atoms with Gasteiger partial charge in [-0.1, -0.05) is 6.07 Å². The van der Waals surface area contributed by atoms with E-state index in [2.05, 4.69) is 22.3 Å². The molecule has 1 unspecified atom stereocenters. The number of hydrogen-bond donors (Lipinski definition) is 1. The average Bonchev–Trinajstić information content (AvgIpc) is 2.83. The van der Waals surface area contributed by atoms with E-state index >= 15 is 0 Å². The lowest BCUT2D eigenvalue weighted by molar-refractivity contribution is -0.148. The number of nitrogens with zero attached hydrogens (tertiary/aromatic N) is 3. The SMILES string of the molecule is CCOC(CN1CCC(c2ccc(N(C)C3CCC(=O)NC3=O)c(N(C)C=O)c2)CC1)OCC. The molecule has 2 aliphatic heterocycles. The molecule has 0 aromatic heterocycles. The quantitative estimate of drug-likeness (QED) is 0.298. The summed E-state index contributed by atoms with van der Waals surface area (Å²) >= 11 is 0. The molecule has 9 heteroatoms. The van der Waals surface area contributed by atoms with Crippen molar-refractivity contribution in [2.24, 2.45) is 0 Å². The van der Waals surface area contributed by atoms with Gasteiger partial charge in [-0.3, -0.25) is 24.6 Å². The molecule has 2 aliphatic rings. The molecule has 34 heavy (non-hydrogen) atoms. The largest absolute Gasteiger partial charge is 0.361 e. The molecular formula is C25H38N4O5. The normalized spacial score (nSPS) is 19.9. The molecule has 3 rings (SSSR count). The number of hydrogen-bond acceptors (Lipinski definition) is 7. The minimum absolute atomic E-state index is 0.193. The van der Waals surface area contributed by atoms with Crippen molar-refractivity contribution in [1.82, 2.24) is 10.2 Å². The Balaban J connectivity index is 1.71. The zero-order chi connectivity index (χ0) is 24.7. The molecular weight excluding hydrogens is 436 g/mol. The van der Waals surface area contributed by atoms with E-state index in [1.54, 1.807) is 11.9 Å². The molecule has 1 aromatic rings. The predicted molar refractivity (Wildman–Crippen MR) is 131 cm³/mol. The first kappa shape index (κ1) is 26.1. The number of likely N-dealkylation sites (N-methyl/N-ethyl adjacent to an activating group) is 1. The van der Waals surface area contributed by atoms with Crippen LogP contribution in [-0.2, 0) is 23.9 Å². The van der Waals surface area contributed by atoms with Crippen molar-refractivity contribution in [3.63, 3.8) is 0 Å². The third kappa shape index (κ3) is 6.34. The Morgan fingerprint density at radius 2 is 1.76 bits per heavy atom. The highest BCUT2D eigenvalue weighted by atomic mass is 16.7. The Morgan fingerprint density at radius 1 is 1.09 bits per heavy atom. The summed E-state index contributed by atoms with van der Waals surface area (Å²) in [6.07, 6.45) is 3.38. The molecule has 2 saturated heterocycles. The highest BCUT2D eigenvalue weighted by Crippen LogP contribution is 2.36. The first-order valence-electron chi connectivity index (χ1n) is 12.2. The van der Waals surface area contributed by atoms with Crippen LogP contribution in [0, 0.1) is 0 Å². The van der Waals surface area contributed by atoms with Crippen LogP contribution >= 0.6 is 0 Å². The highest BCUT2D eigenvalue weighted by Gasteiger charge is 2.32. The van der Waals surface area contributed by atoms with Crippen LogP contribution in [-0.4, -0.2) is 82.4 Å². The lowest BCUT2D eigenvalue weighted by atomic mass is 9.88. The molecule has 188 valence electrons. The predicted octanol–water partition coefficient (Wildman–Crippen LogP) is 2.10. The number of imide groups is 1. The summed E-state index contributed by atoms with van der Waals surface area (Å²) in [6.45, 7) is 7.90. The molecule has 0 spiro atoms. The lowest BCUT2D eigenvalue weighted by Gasteiger charge is -2.36. The number of likely N-dealkylation sites (tertiary alicyclic amines) is 1. The highest BCUT2D eigenvalue weighted by molar-refractivity contribution is 6.02. The third-order valence-corrected chi connectivity index (χ3v) is 6.77. The first-order chi connectivity index (χ1) is 16.4. The molecule has 1 atom stereocenters. The second kappa shape index (κ2) is 12.3. The van der Waals surface area contributed by atoms with E-state index < -0.39 is 6.04 Å². The molecule has 3 amide bonds. The van der Waals surface area contributed by atoms with E-state index in [0.717, 1.165) is 50.3 Å². The van der Waals surface area contributed by atoms with Crippen LogP contribution in [0.5, 0.6) is 0 Å². The smallest absolute Gasteiger partial charge is 0.249 e. The van der Waals surface area contributed by atoms with Crippen LogP contribution in [0.1, 0.15) is 51.0 Å². The maximum absolute atomic E-state index is 12.4. The topological polar surface area (TPSA) is 91.4 Å². The van der Waals surface area contributed by atoms with Crippen LogP contribution in [0.4, 0.5) is 11.4 Å². The molecule has 1 aromatic carbocycles. The van der Waals surface area contributed by atoms with Crippen LogP contribution in [0.25, 0.3) is 0 Å². The monoisotopic (exact) mass is 474 g/mol. The van der Waals surface area contributed by atoms with E-state index in [9.17, 15) is 14.4 Å². The number of piperidine rings is 2. The van der Waals surface area contributed by atoms with Crippen molar-refractivity contribution in [2.45, 2.75) is 57.8 Å². The van der Waals surface area contributed by atoms with Gasteiger partial charge in [-0.05, 0) is 69.8 Å². The Hall–Kier alpha value is -2.49. The molecule has 0 saturated carbocycles. The summed E-state index contributed by atoms with van der Waals surface area (Å²) in [5, 5.41) is 2.41. The fourth-order valence-electron chi connectivity index (χ4n) is 4.84. The van der Waals surface area contributed by atoms with Crippen molar-refractivity contribution in [3.05, 3.63) is 23.8 Å². The average molecular weight is 475 g/mol. The number of anilines is 2. The maximum atomic E-state index is 12.4. The van der Waals surface area contributed by atoms with E-state index in [1.807, 2.05) is 31.9 Å². The second-order valence-corrected chi connectivity index (χ2v) is 8.96. The standard InChI is InChI=1S/C25H38N4O5/c1-5-33-24(34-6-2)16-29-13-11-18(12-14-29)19-7-8-20(22(15-19)27(3)17-30)28(4)21-9-10-23(31)26-25(21)32/h7-8,15,17-18,21,24H,5-6,9-14,16H2,1-4H3,(H,26,31,32). The van der Waals surface area contributed by atoms with Crippen LogP contribution in [0.3, 0.4) is 0 Å². The van der Waals surface area contributed by atoms with Gasteiger partial charge in [0.2, 0.25) is 18.2 Å². The first-order valence-corrected chi connectivity index (χ1v) is 12.2. The summed E-state index contributed by atoms with van der Waals surface area (Å²) in [4.78, 5) is 41.4. The Labute approximate surface area is 202 Å². The lowest BCUT2D eigenvalue weighted by Crippen LogP contribution is -2.51. The van der Waals surface area contributed by atoms with Gasteiger partial charge in [-0.2, -0.15) is 0 Å². The van der Waals surface area contributed by atoms with Gasteiger partial charge in [0.15, 0.2) is 6.29 Å². The van der Waals surface area contributed by atoms with E-state index in [0.29, 0.717) is 32.0 Å². The summed E-state index contributed by atoms with van der Waals surface area (Å²) in [5.41, 5.74) is 2.74. The zero-order valence-corrected chi connectivity index (χ0v) is 20.8. The Morgan fingerprint density at radius 3 is 2.35 bits per heavy atom. The van der Waals surface area contributed by atoms with Gasteiger partial charge in [-0.15, -0.1) is 0 Å². The number of ether oxygens (including phenoxy) is 2. The number of amides is 3. The van der Waals surface area contributed by atoms with Gasteiger partial charge in [0.1, 0.15) is 6.04 Å². The molecule has 0 radical (unpaired) electrons. The number of nitrogens with one attached hydrogen (secondary N) is 1. The van der Waals surface area contributed by atoms with Gasteiger partial charge >= 0.3 is 0 Å².